The maximum absolute atomic E-state index is 12.0. The van der Waals surface area contributed by atoms with Crippen LogP contribution in [0, 0.1) is 0 Å². The highest BCUT2D eigenvalue weighted by Gasteiger charge is 2.14. The second-order valence-corrected chi connectivity index (χ2v) is 11.3. The van der Waals surface area contributed by atoms with E-state index < -0.39 is 0 Å². The molecule has 0 saturated heterocycles. The molecule has 0 atom stereocenters. The molecule has 234 valence electrons. The van der Waals surface area contributed by atoms with E-state index >= 15 is 0 Å². The Labute approximate surface area is 254 Å². The lowest BCUT2D eigenvalue weighted by Gasteiger charge is -2.22. The van der Waals surface area contributed by atoms with E-state index in [1.54, 1.807) is 28.2 Å². The van der Waals surface area contributed by atoms with Crippen LogP contribution in [-0.2, 0) is 13.1 Å². The highest BCUT2D eigenvalue weighted by molar-refractivity contribution is 5.71. The molecule has 0 aromatic heterocycles. The first-order valence-electron chi connectivity index (χ1n) is 15.6. The average molecular weight is 583 g/mol. The number of unbranched alkanes of at least 4 members (excludes halogenated alkanes) is 7. The molecule has 0 N–H and O–H groups in total. The van der Waals surface area contributed by atoms with Gasteiger partial charge in [-0.2, -0.15) is 0 Å². The molecule has 42 heavy (non-hydrogen) atoms. The van der Waals surface area contributed by atoms with E-state index in [-0.39, 0.29) is 12.2 Å². The monoisotopic (exact) mass is 582 g/mol. The van der Waals surface area contributed by atoms with Crippen LogP contribution >= 0.6 is 0 Å². The number of hydrogen-bond acceptors (Lipinski definition) is 6. The number of carbonyl (C=O) groups is 2. The zero-order valence-corrected chi connectivity index (χ0v) is 26.9. The second-order valence-electron chi connectivity index (χ2n) is 11.3. The van der Waals surface area contributed by atoms with Gasteiger partial charge in [-0.3, -0.25) is 9.80 Å². The predicted molar refractivity (Wildman–Crippen MR) is 171 cm³/mol. The van der Waals surface area contributed by atoms with Gasteiger partial charge in [0.2, 0.25) is 0 Å². The summed E-state index contributed by atoms with van der Waals surface area (Å²) in [6.07, 6.45) is 9.29. The molecular formula is C34H54N4O4. The number of rotatable bonds is 19. The summed E-state index contributed by atoms with van der Waals surface area (Å²) in [7, 11) is 6.78. The SMILES string of the molecule is CCN(CCCCCCCCCCN(CC)Cc1ccccc1OC(=O)N(C)C)Cc1ccccc1OC(=O)N(C)C. The van der Waals surface area contributed by atoms with Gasteiger partial charge in [0.25, 0.3) is 0 Å². The quantitative estimate of drug-likeness (QED) is 0.162. The van der Waals surface area contributed by atoms with E-state index in [2.05, 4.69) is 23.6 Å². The fourth-order valence-electron chi connectivity index (χ4n) is 4.75. The fraction of sp³-hybridized carbons (Fsp3) is 0.588. The highest BCUT2D eigenvalue weighted by atomic mass is 16.6. The van der Waals surface area contributed by atoms with Crippen molar-refractivity contribution >= 4 is 12.2 Å². The van der Waals surface area contributed by atoms with Gasteiger partial charge >= 0.3 is 12.2 Å². The highest BCUT2D eigenvalue weighted by Crippen LogP contribution is 2.22. The molecule has 0 saturated carbocycles. The van der Waals surface area contributed by atoms with Crippen molar-refractivity contribution in [2.75, 3.05) is 54.4 Å². The van der Waals surface area contributed by atoms with E-state index in [9.17, 15) is 9.59 Å². The number of para-hydroxylation sites is 2. The summed E-state index contributed by atoms with van der Waals surface area (Å²) in [5, 5.41) is 0. The number of nitrogens with zero attached hydrogens (tertiary/aromatic N) is 4. The van der Waals surface area contributed by atoms with E-state index in [0.717, 1.165) is 50.4 Å². The fourth-order valence-corrected chi connectivity index (χ4v) is 4.75. The predicted octanol–water partition coefficient (Wildman–Crippen LogP) is 7.27. The number of carbonyl (C=O) groups excluding carboxylic acids is 2. The lowest BCUT2D eigenvalue weighted by Crippen LogP contribution is -2.27. The smallest absolute Gasteiger partial charge is 0.410 e. The van der Waals surface area contributed by atoms with E-state index in [1.165, 1.54) is 61.2 Å². The van der Waals surface area contributed by atoms with Crippen molar-refractivity contribution in [3.05, 3.63) is 59.7 Å². The maximum Gasteiger partial charge on any atom is 0.414 e. The standard InChI is InChI=1S/C34H54N4O4/c1-7-37(27-29-21-15-17-23-31(29)41-33(39)35(3)4)25-19-13-11-9-10-12-14-20-26-38(8-2)28-30-22-16-18-24-32(30)42-34(40)36(5)6/h15-18,21-24H,7-14,19-20,25-28H2,1-6H3. The molecular weight excluding hydrogens is 528 g/mol. The molecule has 8 nitrogen and oxygen atoms in total. The molecule has 0 aliphatic heterocycles. The van der Waals surface area contributed by atoms with E-state index in [1.807, 2.05) is 48.5 Å². The molecule has 0 fully saturated rings. The normalized spacial score (nSPS) is 11.1. The number of benzene rings is 2. The minimum Gasteiger partial charge on any atom is -0.410 e. The van der Waals surface area contributed by atoms with E-state index in [4.69, 9.17) is 9.47 Å². The van der Waals surface area contributed by atoms with Gasteiger partial charge in [0.15, 0.2) is 0 Å². The summed E-state index contributed by atoms with van der Waals surface area (Å²) in [6.45, 7) is 9.99. The summed E-state index contributed by atoms with van der Waals surface area (Å²) >= 11 is 0. The van der Waals surface area contributed by atoms with Crippen molar-refractivity contribution in [3.63, 3.8) is 0 Å². The Kier molecular flexibility index (Phi) is 16.6. The zero-order valence-electron chi connectivity index (χ0n) is 26.9. The summed E-state index contributed by atoms with van der Waals surface area (Å²) in [5.74, 6) is 1.29. The molecule has 0 aliphatic carbocycles. The molecule has 2 rings (SSSR count). The Morgan fingerprint density at radius 3 is 1.21 bits per heavy atom. The van der Waals surface area contributed by atoms with Crippen LogP contribution in [0.3, 0.4) is 0 Å². The molecule has 0 spiro atoms. The van der Waals surface area contributed by atoms with Crippen molar-refractivity contribution in [2.45, 2.75) is 78.3 Å². The second kappa shape index (κ2) is 19.9. The Morgan fingerprint density at radius 2 is 0.881 bits per heavy atom. The summed E-state index contributed by atoms with van der Waals surface area (Å²) in [5.41, 5.74) is 2.10. The van der Waals surface area contributed by atoms with Gasteiger partial charge < -0.3 is 19.3 Å². The van der Waals surface area contributed by atoms with Crippen molar-refractivity contribution in [1.29, 1.82) is 0 Å². The van der Waals surface area contributed by atoms with Gasteiger partial charge in [0.1, 0.15) is 11.5 Å². The van der Waals surface area contributed by atoms with Gasteiger partial charge in [0.05, 0.1) is 0 Å². The van der Waals surface area contributed by atoms with Gasteiger partial charge in [-0.05, 0) is 51.2 Å². The van der Waals surface area contributed by atoms with Crippen LogP contribution in [0.4, 0.5) is 9.59 Å². The first kappa shape index (κ1) is 35.1. The maximum atomic E-state index is 12.0. The van der Waals surface area contributed by atoms with Crippen LogP contribution < -0.4 is 9.47 Å². The molecule has 0 radical (unpaired) electrons. The first-order valence-corrected chi connectivity index (χ1v) is 15.6. The summed E-state index contributed by atoms with van der Waals surface area (Å²) in [6, 6.07) is 15.6. The van der Waals surface area contributed by atoms with Crippen LogP contribution in [-0.4, -0.2) is 86.2 Å². The summed E-state index contributed by atoms with van der Waals surface area (Å²) < 4.78 is 11.1. The Bertz CT molecular complexity index is 976. The van der Waals surface area contributed by atoms with Crippen LogP contribution in [0.5, 0.6) is 11.5 Å². The van der Waals surface area contributed by atoms with Crippen molar-refractivity contribution < 1.29 is 19.1 Å². The van der Waals surface area contributed by atoms with Crippen LogP contribution in [0.15, 0.2) is 48.5 Å². The third-order valence-electron chi connectivity index (χ3n) is 7.45. The van der Waals surface area contributed by atoms with Crippen LogP contribution in [0.25, 0.3) is 0 Å². The Hall–Kier alpha value is -3.10. The Morgan fingerprint density at radius 1 is 0.548 bits per heavy atom. The zero-order chi connectivity index (χ0) is 30.7. The first-order chi connectivity index (χ1) is 20.2. The molecule has 0 unspecified atom stereocenters. The van der Waals surface area contributed by atoms with E-state index in [0.29, 0.717) is 11.5 Å². The molecule has 2 aromatic rings. The molecule has 0 bridgehead atoms. The lowest BCUT2D eigenvalue weighted by molar-refractivity contribution is 0.169. The third kappa shape index (κ3) is 13.3. The van der Waals surface area contributed by atoms with Gasteiger partial charge in [-0.15, -0.1) is 0 Å². The molecule has 8 heteroatoms. The topological polar surface area (TPSA) is 65.6 Å². The number of hydrogen-bond donors (Lipinski definition) is 0. The van der Waals surface area contributed by atoms with Crippen LogP contribution in [0.2, 0.25) is 0 Å². The number of ether oxygens (including phenoxy) is 2. The molecule has 2 aromatic carbocycles. The average Bonchev–Trinajstić information content (AvgIpc) is 2.98. The Balaban J connectivity index is 1.60. The van der Waals surface area contributed by atoms with Crippen LogP contribution in [0.1, 0.15) is 76.3 Å². The largest absolute Gasteiger partial charge is 0.414 e. The molecule has 0 aliphatic rings. The number of amides is 2. The lowest BCUT2D eigenvalue weighted by atomic mass is 10.1. The van der Waals surface area contributed by atoms with Crippen molar-refractivity contribution in [3.8, 4) is 11.5 Å². The third-order valence-corrected chi connectivity index (χ3v) is 7.45. The van der Waals surface area contributed by atoms with Gasteiger partial charge in [-0.25, -0.2) is 9.59 Å². The minimum atomic E-state index is -0.348. The van der Waals surface area contributed by atoms with Crippen molar-refractivity contribution in [2.24, 2.45) is 0 Å². The minimum absolute atomic E-state index is 0.348. The molecule has 0 heterocycles. The van der Waals surface area contributed by atoms with Gasteiger partial charge in [0, 0.05) is 52.4 Å². The molecule has 2 amide bonds. The summed E-state index contributed by atoms with van der Waals surface area (Å²) in [4.78, 5) is 31.8. The van der Waals surface area contributed by atoms with Gasteiger partial charge in [-0.1, -0.05) is 88.8 Å². The van der Waals surface area contributed by atoms with Crippen molar-refractivity contribution in [1.82, 2.24) is 19.6 Å².